The van der Waals surface area contributed by atoms with Crippen LogP contribution in [0.4, 0.5) is 5.69 Å². The van der Waals surface area contributed by atoms with E-state index in [1.165, 1.54) is 19.3 Å². The van der Waals surface area contributed by atoms with Crippen LogP contribution in [0.1, 0.15) is 32.1 Å². The lowest BCUT2D eigenvalue weighted by Gasteiger charge is -2.43. The smallest absolute Gasteiger partial charge is 0.227 e. The largest absolute Gasteiger partial charge is 0.334 e. The highest BCUT2D eigenvalue weighted by molar-refractivity contribution is 5.94. The van der Waals surface area contributed by atoms with Gasteiger partial charge in [0.2, 0.25) is 5.91 Å². The molecule has 3 N–H and O–H groups in total. The maximum Gasteiger partial charge on any atom is 0.227 e. The van der Waals surface area contributed by atoms with E-state index in [1.54, 1.807) is 6.33 Å². The summed E-state index contributed by atoms with van der Waals surface area (Å²) < 4.78 is 1.98. The van der Waals surface area contributed by atoms with E-state index >= 15 is 0 Å². The van der Waals surface area contributed by atoms with Crippen LogP contribution in [0.3, 0.4) is 0 Å². The lowest BCUT2D eigenvalue weighted by atomic mass is 9.65. The lowest BCUT2D eigenvalue weighted by molar-refractivity contribution is -0.122. The molecule has 0 radical (unpaired) electrons. The highest BCUT2D eigenvalue weighted by Gasteiger charge is 2.40. The molecule has 0 aliphatic heterocycles. The summed E-state index contributed by atoms with van der Waals surface area (Å²) in [5.41, 5.74) is 9.14. The predicted molar refractivity (Wildman–Crippen MR) is 90.9 cm³/mol. The number of carbonyl (C=O) groups excluding carboxylic acids is 1. The molecule has 1 amide bonds. The molecule has 1 aromatic heterocycles. The number of fused-ring (bicyclic) bond motifs is 3. The summed E-state index contributed by atoms with van der Waals surface area (Å²) in [6.07, 6.45) is 7.31. The summed E-state index contributed by atoms with van der Waals surface area (Å²) in [6.45, 7) is 0. The standard InChI is InChI=1S/C18H24N4O/c1-22-10-20-15-9-14(5-6-16(15)22)21-18(23)13-7-11-3-2-4-12(8-13)17(11)19/h5-6,9-13,17H,2-4,7-8,19H2,1H3,(H,21,23). The van der Waals surface area contributed by atoms with Gasteiger partial charge < -0.3 is 15.6 Å². The summed E-state index contributed by atoms with van der Waals surface area (Å²) in [6, 6.07) is 6.21. The first-order valence-electron chi connectivity index (χ1n) is 8.59. The van der Waals surface area contributed by atoms with Crippen molar-refractivity contribution >= 4 is 22.6 Å². The zero-order valence-electron chi connectivity index (χ0n) is 13.5. The van der Waals surface area contributed by atoms with Gasteiger partial charge in [0, 0.05) is 24.7 Å². The number of nitrogens with two attached hydrogens (primary N) is 1. The first-order valence-corrected chi connectivity index (χ1v) is 8.59. The van der Waals surface area contributed by atoms with Crippen LogP contribution in [0.2, 0.25) is 0 Å². The number of rotatable bonds is 2. The molecular formula is C18H24N4O. The number of nitrogens with one attached hydrogen (secondary N) is 1. The minimum absolute atomic E-state index is 0.101. The number of hydrogen-bond acceptors (Lipinski definition) is 3. The SMILES string of the molecule is Cn1cnc2cc(NC(=O)C3CC4CCCC(C3)C4N)ccc21. The van der Waals surface area contributed by atoms with Gasteiger partial charge in [-0.3, -0.25) is 4.79 Å². The van der Waals surface area contributed by atoms with E-state index < -0.39 is 0 Å². The topological polar surface area (TPSA) is 72.9 Å². The number of carbonyl (C=O) groups is 1. The Balaban J connectivity index is 1.48. The van der Waals surface area contributed by atoms with Crippen LogP contribution in [-0.2, 0) is 11.8 Å². The van der Waals surface area contributed by atoms with Gasteiger partial charge in [-0.15, -0.1) is 0 Å². The first kappa shape index (κ1) is 14.7. The van der Waals surface area contributed by atoms with E-state index in [1.807, 2.05) is 29.8 Å². The van der Waals surface area contributed by atoms with Crippen molar-refractivity contribution in [1.82, 2.24) is 9.55 Å². The van der Waals surface area contributed by atoms with Gasteiger partial charge in [0.15, 0.2) is 0 Å². The molecule has 5 nitrogen and oxygen atoms in total. The fourth-order valence-electron chi connectivity index (χ4n) is 4.46. The summed E-state index contributed by atoms with van der Waals surface area (Å²) >= 11 is 0. The molecule has 1 heterocycles. The van der Waals surface area contributed by atoms with Crippen LogP contribution in [0.5, 0.6) is 0 Å². The molecule has 2 aliphatic rings. The summed E-state index contributed by atoms with van der Waals surface area (Å²) in [4.78, 5) is 17.0. The van der Waals surface area contributed by atoms with Crippen molar-refractivity contribution in [3.05, 3.63) is 24.5 Å². The Labute approximate surface area is 136 Å². The molecule has 2 bridgehead atoms. The number of benzene rings is 1. The number of anilines is 1. The Kier molecular flexibility index (Phi) is 3.60. The minimum Gasteiger partial charge on any atom is -0.334 e. The van der Waals surface area contributed by atoms with Crippen molar-refractivity contribution in [3.63, 3.8) is 0 Å². The second-order valence-corrected chi connectivity index (χ2v) is 7.24. The average molecular weight is 312 g/mol. The molecule has 23 heavy (non-hydrogen) atoms. The van der Waals surface area contributed by atoms with Crippen LogP contribution in [0, 0.1) is 17.8 Å². The zero-order chi connectivity index (χ0) is 16.0. The highest BCUT2D eigenvalue weighted by Crippen LogP contribution is 2.42. The minimum atomic E-state index is 0.101. The van der Waals surface area contributed by atoms with E-state index in [4.69, 9.17) is 5.73 Å². The molecule has 4 rings (SSSR count). The van der Waals surface area contributed by atoms with Gasteiger partial charge in [0.05, 0.1) is 17.4 Å². The van der Waals surface area contributed by atoms with E-state index in [9.17, 15) is 4.79 Å². The van der Waals surface area contributed by atoms with Crippen molar-refractivity contribution in [2.45, 2.75) is 38.1 Å². The molecule has 122 valence electrons. The van der Waals surface area contributed by atoms with E-state index in [2.05, 4.69) is 10.3 Å². The molecule has 0 saturated heterocycles. The van der Waals surface area contributed by atoms with Crippen molar-refractivity contribution in [1.29, 1.82) is 0 Å². The third kappa shape index (κ3) is 2.63. The fraction of sp³-hybridized carbons (Fsp3) is 0.556. The third-order valence-corrected chi connectivity index (χ3v) is 5.78. The second kappa shape index (κ2) is 5.64. The van der Waals surface area contributed by atoms with Gasteiger partial charge in [-0.05, 0) is 55.7 Å². The Morgan fingerprint density at radius 3 is 2.78 bits per heavy atom. The zero-order valence-corrected chi connectivity index (χ0v) is 13.5. The van der Waals surface area contributed by atoms with Crippen LogP contribution < -0.4 is 11.1 Å². The third-order valence-electron chi connectivity index (χ3n) is 5.78. The quantitative estimate of drug-likeness (QED) is 0.895. The van der Waals surface area contributed by atoms with Crippen LogP contribution in [-0.4, -0.2) is 21.5 Å². The average Bonchev–Trinajstić information content (AvgIpc) is 2.88. The number of nitrogens with zero attached hydrogens (tertiary/aromatic N) is 2. The van der Waals surface area contributed by atoms with E-state index in [0.29, 0.717) is 17.9 Å². The molecule has 2 aromatic rings. The molecule has 2 unspecified atom stereocenters. The molecule has 2 aliphatic carbocycles. The molecule has 2 saturated carbocycles. The monoisotopic (exact) mass is 312 g/mol. The maximum absolute atomic E-state index is 12.7. The first-order chi connectivity index (χ1) is 11.1. The van der Waals surface area contributed by atoms with Gasteiger partial charge in [-0.2, -0.15) is 0 Å². The fourth-order valence-corrected chi connectivity index (χ4v) is 4.46. The molecule has 2 fully saturated rings. The van der Waals surface area contributed by atoms with Crippen molar-refractivity contribution in [2.24, 2.45) is 30.5 Å². The second-order valence-electron chi connectivity index (χ2n) is 7.24. The summed E-state index contributed by atoms with van der Waals surface area (Å²) in [5.74, 6) is 1.29. The molecular weight excluding hydrogens is 288 g/mol. The van der Waals surface area contributed by atoms with E-state index in [0.717, 1.165) is 29.6 Å². The van der Waals surface area contributed by atoms with Crippen LogP contribution in [0.15, 0.2) is 24.5 Å². The van der Waals surface area contributed by atoms with Gasteiger partial charge in [0.25, 0.3) is 0 Å². The van der Waals surface area contributed by atoms with Gasteiger partial charge in [-0.25, -0.2) is 4.98 Å². The number of hydrogen-bond donors (Lipinski definition) is 2. The maximum atomic E-state index is 12.7. The lowest BCUT2D eigenvalue weighted by Crippen LogP contribution is -2.48. The molecule has 0 spiro atoms. The summed E-state index contributed by atoms with van der Waals surface area (Å²) in [7, 11) is 1.97. The number of aromatic nitrogens is 2. The highest BCUT2D eigenvalue weighted by atomic mass is 16.1. The summed E-state index contributed by atoms with van der Waals surface area (Å²) in [5, 5.41) is 3.09. The van der Waals surface area contributed by atoms with E-state index in [-0.39, 0.29) is 11.8 Å². The van der Waals surface area contributed by atoms with Crippen LogP contribution in [0.25, 0.3) is 11.0 Å². The predicted octanol–water partition coefficient (Wildman–Crippen LogP) is 2.67. The van der Waals surface area contributed by atoms with Crippen molar-refractivity contribution in [2.75, 3.05) is 5.32 Å². The Morgan fingerprint density at radius 1 is 1.30 bits per heavy atom. The number of amides is 1. The number of imidazole rings is 1. The van der Waals surface area contributed by atoms with Crippen LogP contribution >= 0.6 is 0 Å². The Bertz CT molecular complexity index is 724. The van der Waals surface area contributed by atoms with Gasteiger partial charge in [-0.1, -0.05) is 6.42 Å². The van der Waals surface area contributed by atoms with Gasteiger partial charge in [0.1, 0.15) is 0 Å². The number of aryl methyl sites for hydroxylation is 1. The molecule has 5 heteroatoms. The normalized spacial score (nSPS) is 30.3. The molecule has 1 aromatic carbocycles. The Hall–Kier alpha value is -1.88. The van der Waals surface area contributed by atoms with Gasteiger partial charge >= 0.3 is 0 Å². The van der Waals surface area contributed by atoms with Crippen molar-refractivity contribution in [3.8, 4) is 0 Å². The molecule has 2 atom stereocenters. The Morgan fingerprint density at radius 2 is 2.04 bits per heavy atom. The van der Waals surface area contributed by atoms with Crippen molar-refractivity contribution < 1.29 is 4.79 Å².